The summed E-state index contributed by atoms with van der Waals surface area (Å²) in [5.74, 6) is -0.703. The molecule has 0 aliphatic carbocycles. The van der Waals surface area contributed by atoms with Crippen molar-refractivity contribution >= 4 is 17.8 Å². The number of hydrogen-bond donors (Lipinski definition) is 0. The molecule has 0 N–H and O–H groups in total. The molecule has 0 aliphatic heterocycles. The van der Waals surface area contributed by atoms with Gasteiger partial charge in [-0.15, -0.1) is 6.58 Å². The number of ketones is 1. The van der Waals surface area contributed by atoms with Crippen LogP contribution in [0.1, 0.15) is 60.5 Å². The smallest absolute Gasteiger partial charge is 0.339 e. The van der Waals surface area contributed by atoms with Gasteiger partial charge >= 0.3 is 5.97 Å². The van der Waals surface area contributed by atoms with Crippen LogP contribution in [0.25, 0.3) is 6.08 Å². The van der Waals surface area contributed by atoms with Crippen LogP contribution in [0.5, 0.6) is 0 Å². The number of rotatable bonds is 7. The van der Waals surface area contributed by atoms with E-state index in [1.807, 2.05) is 32.9 Å². The van der Waals surface area contributed by atoms with Crippen LogP contribution in [-0.2, 0) is 4.74 Å². The molecule has 134 valence electrons. The van der Waals surface area contributed by atoms with Crippen molar-refractivity contribution in [2.75, 3.05) is 7.11 Å². The number of carbonyl (C=O) groups excluding carboxylic acids is 2. The second kappa shape index (κ2) is 12.6. The minimum atomic E-state index is -0.522. The molecule has 1 aromatic rings. The summed E-state index contributed by atoms with van der Waals surface area (Å²) in [5, 5.41) is 0. The fourth-order valence-electron chi connectivity index (χ4n) is 1.85. The van der Waals surface area contributed by atoms with E-state index >= 15 is 0 Å². The number of aromatic nitrogens is 1. The standard InChI is InChI=1S/C19H21NO3.C2H6/c1-5-7-8-9-11-14(3)18(21)16-12-15(19(22)23-4)13-20-17(16)10-6-2;1-2/h5-6,8-13H,1,7H2,2-4H3;1-2H3/b9-8?,10-6-,14-11+;. The quantitative estimate of drug-likeness (QED) is 0.225. The number of allylic oxidation sites excluding steroid dienone is 6. The van der Waals surface area contributed by atoms with Gasteiger partial charge in [-0.05, 0) is 38.0 Å². The van der Waals surface area contributed by atoms with Gasteiger partial charge in [-0.2, -0.15) is 0 Å². The van der Waals surface area contributed by atoms with Gasteiger partial charge in [0.15, 0.2) is 5.78 Å². The molecule has 0 atom stereocenters. The second-order valence-electron chi connectivity index (χ2n) is 4.78. The van der Waals surface area contributed by atoms with Gasteiger partial charge in [0.05, 0.1) is 18.4 Å². The van der Waals surface area contributed by atoms with Crippen LogP contribution >= 0.6 is 0 Å². The highest BCUT2D eigenvalue weighted by atomic mass is 16.5. The molecule has 0 aromatic carbocycles. The Hall–Kier alpha value is -2.75. The molecule has 4 nitrogen and oxygen atoms in total. The lowest BCUT2D eigenvalue weighted by atomic mass is 10.0. The van der Waals surface area contributed by atoms with Crippen molar-refractivity contribution in [1.29, 1.82) is 0 Å². The van der Waals surface area contributed by atoms with E-state index in [2.05, 4.69) is 16.3 Å². The van der Waals surface area contributed by atoms with Crippen molar-refractivity contribution in [2.45, 2.75) is 34.1 Å². The molecule has 4 heteroatoms. The van der Waals surface area contributed by atoms with E-state index in [0.717, 1.165) is 6.42 Å². The van der Waals surface area contributed by atoms with E-state index in [-0.39, 0.29) is 11.3 Å². The van der Waals surface area contributed by atoms with Gasteiger partial charge in [-0.25, -0.2) is 4.79 Å². The number of pyridine rings is 1. The van der Waals surface area contributed by atoms with Crippen molar-refractivity contribution < 1.29 is 14.3 Å². The maximum atomic E-state index is 12.6. The lowest BCUT2D eigenvalue weighted by Gasteiger charge is -2.07. The fraction of sp³-hybridized carbons (Fsp3) is 0.286. The van der Waals surface area contributed by atoms with E-state index in [0.29, 0.717) is 16.8 Å². The summed E-state index contributed by atoms with van der Waals surface area (Å²) in [6, 6.07) is 1.52. The van der Waals surface area contributed by atoms with Gasteiger partial charge in [0.1, 0.15) is 0 Å². The molecule has 0 fully saturated rings. The normalized spacial score (nSPS) is 11.2. The van der Waals surface area contributed by atoms with Gasteiger partial charge in [-0.1, -0.05) is 44.2 Å². The lowest BCUT2D eigenvalue weighted by molar-refractivity contribution is 0.0600. The zero-order chi connectivity index (χ0) is 19.2. The largest absolute Gasteiger partial charge is 0.465 e. The molecule has 0 saturated carbocycles. The minimum absolute atomic E-state index is 0.181. The van der Waals surface area contributed by atoms with Crippen molar-refractivity contribution in [1.82, 2.24) is 4.98 Å². The molecule has 0 unspecified atom stereocenters. The number of esters is 1. The Morgan fingerprint density at radius 3 is 2.56 bits per heavy atom. The number of ether oxygens (including phenoxy) is 1. The number of nitrogens with zero attached hydrogens (tertiary/aromatic N) is 1. The summed E-state index contributed by atoms with van der Waals surface area (Å²) in [5.41, 5.74) is 1.70. The molecule has 1 heterocycles. The van der Waals surface area contributed by atoms with Crippen molar-refractivity contribution in [3.05, 3.63) is 71.6 Å². The average Bonchev–Trinajstić information content (AvgIpc) is 2.66. The number of carbonyl (C=O) groups is 2. The third-order valence-corrected chi connectivity index (χ3v) is 3.05. The molecule has 0 aliphatic rings. The molecular formula is C21H27NO3. The predicted octanol–water partition coefficient (Wildman–Crippen LogP) is 5.19. The average molecular weight is 341 g/mol. The predicted molar refractivity (Wildman–Crippen MR) is 104 cm³/mol. The molecule has 1 aromatic heterocycles. The van der Waals surface area contributed by atoms with Crippen molar-refractivity contribution in [3.63, 3.8) is 0 Å². The number of Topliss-reactive ketones (excluding diaryl/α,β-unsaturated/α-hetero) is 1. The summed E-state index contributed by atoms with van der Waals surface area (Å²) in [7, 11) is 1.29. The van der Waals surface area contributed by atoms with Crippen molar-refractivity contribution in [2.24, 2.45) is 0 Å². The second-order valence-corrected chi connectivity index (χ2v) is 4.78. The van der Waals surface area contributed by atoms with Gasteiger partial charge in [0.2, 0.25) is 0 Å². The SMILES string of the molecule is C=CCC=C/C=C(\C)C(=O)c1cc(C(=O)OC)cnc1/C=C\C.CC. The number of hydrogen-bond acceptors (Lipinski definition) is 4. The first-order chi connectivity index (χ1) is 12.0. The summed E-state index contributed by atoms with van der Waals surface area (Å²) in [4.78, 5) is 28.4. The van der Waals surface area contributed by atoms with Crippen LogP contribution in [0, 0.1) is 0 Å². The monoisotopic (exact) mass is 341 g/mol. The zero-order valence-electron chi connectivity index (χ0n) is 15.7. The Morgan fingerprint density at radius 2 is 2.00 bits per heavy atom. The van der Waals surface area contributed by atoms with Gasteiger partial charge < -0.3 is 4.74 Å². The molecule has 0 saturated heterocycles. The molecule has 1 rings (SSSR count). The summed E-state index contributed by atoms with van der Waals surface area (Å²) >= 11 is 0. The molecule has 25 heavy (non-hydrogen) atoms. The van der Waals surface area contributed by atoms with Crippen LogP contribution in [0.15, 0.2) is 54.8 Å². The highest BCUT2D eigenvalue weighted by Gasteiger charge is 2.16. The van der Waals surface area contributed by atoms with Crippen LogP contribution in [0.3, 0.4) is 0 Å². The molecular weight excluding hydrogens is 314 g/mol. The first-order valence-electron chi connectivity index (χ1n) is 8.25. The first kappa shape index (κ1) is 22.2. The maximum Gasteiger partial charge on any atom is 0.339 e. The van der Waals surface area contributed by atoms with Gasteiger partial charge in [0, 0.05) is 11.8 Å². The van der Waals surface area contributed by atoms with E-state index in [4.69, 9.17) is 0 Å². The maximum absolute atomic E-state index is 12.6. The van der Waals surface area contributed by atoms with Crippen LogP contribution in [-0.4, -0.2) is 23.8 Å². The van der Waals surface area contributed by atoms with Crippen LogP contribution in [0.4, 0.5) is 0 Å². The third-order valence-electron chi connectivity index (χ3n) is 3.05. The van der Waals surface area contributed by atoms with E-state index < -0.39 is 5.97 Å². The topological polar surface area (TPSA) is 56.3 Å². The van der Waals surface area contributed by atoms with E-state index in [1.165, 1.54) is 19.4 Å². The highest BCUT2D eigenvalue weighted by Crippen LogP contribution is 2.16. The van der Waals surface area contributed by atoms with Crippen LogP contribution in [0.2, 0.25) is 0 Å². The first-order valence-corrected chi connectivity index (χ1v) is 8.25. The summed E-state index contributed by atoms with van der Waals surface area (Å²) in [6.07, 6.45) is 12.9. The Kier molecular flexibility index (Phi) is 11.3. The third kappa shape index (κ3) is 7.12. The number of methoxy groups -OCH3 is 1. The Balaban J connectivity index is 0.00000277. The van der Waals surface area contributed by atoms with E-state index in [9.17, 15) is 9.59 Å². The van der Waals surface area contributed by atoms with Crippen LogP contribution < -0.4 is 0 Å². The van der Waals surface area contributed by atoms with Gasteiger partial charge in [0.25, 0.3) is 0 Å². The van der Waals surface area contributed by atoms with Crippen molar-refractivity contribution in [3.8, 4) is 0 Å². The highest BCUT2D eigenvalue weighted by molar-refractivity contribution is 6.11. The molecule has 0 radical (unpaired) electrons. The van der Waals surface area contributed by atoms with Gasteiger partial charge in [-0.3, -0.25) is 9.78 Å². The van der Waals surface area contributed by atoms with E-state index in [1.54, 1.807) is 31.2 Å². The molecule has 0 amide bonds. The zero-order valence-corrected chi connectivity index (χ0v) is 15.7. The fourth-order valence-corrected chi connectivity index (χ4v) is 1.85. The molecule has 0 spiro atoms. The Morgan fingerprint density at radius 1 is 1.32 bits per heavy atom. The Labute approximate surface area is 150 Å². The minimum Gasteiger partial charge on any atom is -0.465 e. The summed E-state index contributed by atoms with van der Waals surface area (Å²) in [6.45, 7) is 11.2. The summed E-state index contributed by atoms with van der Waals surface area (Å²) < 4.78 is 4.68. The molecule has 0 bridgehead atoms. The Bertz CT molecular complexity index is 682. The lowest BCUT2D eigenvalue weighted by Crippen LogP contribution is -2.09.